The van der Waals surface area contributed by atoms with E-state index in [0.29, 0.717) is 48.4 Å². The zero-order chi connectivity index (χ0) is 31.1. The minimum absolute atomic E-state index is 0.111. The van der Waals surface area contributed by atoms with Gasteiger partial charge in [0.1, 0.15) is 22.0 Å². The van der Waals surface area contributed by atoms with E-state index in [2.05, 4.69) is 25.6 Å². The minimum atomic E-state index is -1.30. The lowest BCUT2D eigenvalue weighted by molar-refractivity contribution is -0.133. The number of fused-ring (bicyclic) bond motifs is 1. The summed E-state index contributed by atoms with van der Waals surface area (Å²) in [5.74, 6) is -0.293. The van der Waals surface area contributed by atoms with E-state index in [1.165, 1.54) is 16.2 Å². The lowest BCUT2D eigenvalue weighted by Gasteiger charge is -2.30. The first-order valence-corrected chi connectivity index (χ1v) is 15.5. The average molecular weight is 613 g/mol. The van der Waals surface area contributed by atoms with E-state index in [1.54, 1.807) is 27.0 Å². The number of H-pyrrole nitrogens is 1. The maximum Gasteiger partial charge on any atom is 0.410 e. The van der Waals surface area contributed by atoms with Crippen LogP contribution in [0.2, 0.25) is 0 Å². The largest absolute Gasteiger partial charge is 0.444 e. The Hall–Kier alpha value is -3.84. The Morgan fingerprint density at radius 1 is 1.21 bits per heavy atom. The number of thiophene rings is 1. The first kappa shape index (κ1) is 32.1. The molecule has 12 nitrogen and oxygen atoms in total. The maximum atomic E-state index is 12.8. The molecule has 4 heterocycles. The van der Waals surface area contributed by atoms with Gasteiger partial charge in [-0.2, -0.15) is 0 Å². The molecule has 43 heavy (non-hydrogen) atoms. The SMILES string of the molecule is CCC[C@H](NC(=O)C1CCCN1C(=O)OC(C)(C)C)C(O)C(=O)NC1CC1.O=c1[nH]c(-c2ccccn2)nc2ccsc12. The summed E-state index contributed by atoms with van der Waals surface area (Å²) in [7, 11) is 0. The summed E-state index contributed by atoms with van der Waals surface area (Å²) in [6.45, 7) is 7.72. The molecule has 0 bridgehead atoms. The molecule has 0 spiro atoms. The summed E-state index contributed by atoms with van der Waals surface area (Å²) in [6.07, 6.45) is 4.14. The highest BCUT2D eigenvalue weighted by molar-refractivity contribution is 7.17. The average Bonchev–Trinajstić information content (AvgIpc) is 3.42. The molecule has 13 heteroatoms. The molecule has 0 radical (unpaired) electrons. The molecular weight excluding hydrogens is 572 g/mol. The molecule has 1 saturated carbocycles. The quantitative estimate of drug-likeness (QED) is 0.301. The lowest BCUT2D eigenvalue weighted by Crippen LogP contribution is -2.55. The van der Waals surface area contributed by atoms with Gasteiger partial charge in [-0.05, 0) is 76.5 Å². The highest BCUT2D eigenvalue weighted by Gasteiger charge is 2.39. The molecule has 2 unspecified atom stereocenters. The van der Waals surface area contributed by atoms with Crippen LogP contribution in [0.25, 0.3) is 21.7 Å². The number of nitrogens with zero attached hydrogens (tertiary/aromatic N) is 3. The van der Waals surface area contributed by atoms with Crippen molar-refractivity contribution in [2.75, 3.05) is 6.54 Å². The van der Waals surface area contributed by atoms with E-state index < -0.39 is 35.8 Å². The first-order valence-electron chi connectivity index (χ1n) is 14.6. The molecule has 0 aromatic carbocycles. The number of aromatic amines is 1. The van der Waals surface area contributed by atoms with Gasteiger partial charge in [0, 0.05) is 18.8 Å². The highest BCUT2D eigenvalue weighted by Crippen LogP contribution is 2.22. The number of amides is 3. The van der Waals surface area contributed by atoms with Crippen LogP contribution in [0.4, 0.5) is 4.79 Å². The fourth-order valence-corrected chi connectivity index (χ4v) is 5.40. The van der Waals surface area contributed by atoms with Gasteiger partial charge >= 0.3 is 6.09 Å². The second-order valence-corrected chi connectivity index (χ2v) is 12.6. The maximum absolute atomic E-state index is 12.8. The van der Waals surface area contributed by atoms with Crippen molar-refractivity contribution in [3.8, 4) is 11.5 Å². The van der Waals surface area contributed by atoms with Crippen molar-refractivity contribution in [3.05, 3.63) is 46.2 Å². The van der Waals surface area contributed by atoms with Gasteiger partial charge in [0.15, 0.2) is 11.9 Å². The molecule has 2 aliphatic rings. The number of carbonyl (C=O) groups is 3. The minimum Gasteiger partial charge on any atom is -0.444 e. The third-order valence-corrected chi connectivity index (χ3v) is 7.81. The Morgan fingerprint density at radius 3 is 2.63 bits per heavy atom. The topological polar surface area (TPSA) is 167 Å². The molecule has 1 aliphatic heterocycles. The van der Waals surface area contributed by atoms with Gasteiger partial charge in [-0.15, -0.1) is 11.3 Å². The molecule has 2 fully saturated rings. The number of carbonyl (C=O) groups excluding carboxylic acids is 3. The van der Waals surface area contributed by atoms with E-state index in [4.69, 9.17) is 4.74 Å². The zero-order valence-corrected chi connectivity index (χ0v) is 25.8. The van der Waals surface area contributed by atoms with Crippen LogP contribution in [0, 0.1) is 0 Å². The van der Waals surface area contributed by atoms with Gasteiger partial charge in [-0.3, -0.25) is 24.3 Å². The van der Waals surface area contributed by atoms with Gasteiger partial charge in [0.05, 0.1) is 11.6 Å². The number of aliphatic hydroxyl groups excluding tert-OH is 1. The third kappa shape index (κ3) is 8.83. The van der Waals surface area contributed by atoms with Crippen LogP contribution in [-0.4, -0.2) is 79.2 Å². The molecule has 5 rings (SSSR count). The zero-order valence-electron chi connectivity index (χ0n) is 25.0. The van der Waals surface area contributed by atoms with Gasteiger partial charge in [-0.1, -0.05) is 19.4 Å². The fourth-order valence-electron chi connectivity index (χ4n) is 4.67. The van der Waals surface area contributed by atoms with Crippen LogP contribution in [-0.2, 0) is 14.3 Å². The number of hydrogen-bond donors (Lipinski definition) is 4. The number of nitrogens with one attached hydrogen (secondary N) is 3. The van der Waals surface area contributed by atoms with Crippen LogP contribution in [0.15, 0.2) is 40.6 Å². The van der Waals surface area contributed by atoms with Gasteiger partial charge in [0.2, 0.25) is 5.91 Å². The normalized spacial score (nSPS) is 17.9. The highest BCUT2D eigenvalue weighted by atomic mass is 32.1. The van der Waals surface area contributed by atoms with Crippen molar-refractivity contribution in [1.82, 2.24) is 30.5 Å². The van der Waals surface area contributed by atoms with Crippen LogP contribution in [0.3, 0.4) is 0 Å². The Balaban J connectivity index is 0.000000222. The number of aromatic nitrogens is 3. The van der Waals surface area contributed by atoms with E-state index >= 15 is 0 Å². The summed E-state index contributed by atoms with van der Waals surface area (Å²) in [4.78, 5) is 61.7. The summed E-state index contributed by atoms with van der Waals surface area (Å²) >= 11 is 1.39. The van der Waals surface area contributed by atoms with Crippen LogP contribution < -0.4 is 16.2 Å². The van der Waals surface area contributed by atoms with Crippen molar-refractivity contribution in [2.24, 2.45) is 0 Å². The molecule has 3 aromatic heterocycles. The number of likely N-dealkylation sites (tertiary alicyclic amines) is 1. The van der Waals surface area contributed by atoms with Gasteiger partial charge in [-0.25, -0.2) is 9.78 Å². The van der Waals surface area contributed by atoms with E-state index in [-0.39, 0.29) is 17.5 Å². The molecule has 1 saturated heterocycles. The van der Waals surface area contributed by atoms with Crippen molar-refractivity contribution in [3.63, 3.8) is 0 Å². The molecule has 4 N–H and O–H groups in total. The van der Waals surface area contributed by atoms with E-state index in [0.717, 1.165) is 18.4 Å². The second-order valence-electron chi connectivity index (χ2n) is 11.7. The van der Waals surface area contributed by atoms with E-state index in [9.17, 15) is 24.3 Å². The molecule has 3 atom stereocenters. The Kier molecular flexibility index (Phi) is 10.5. The lowest BCUT2D eigenvalue weighted by atomic mass is 10.0. The van der Waals surface area contributed by atoms with Crippen molar-refractivity contribution >= 4 is 39.5 Å². The van der Waals surface area contributed by atoms with Crippen LogP contribution >= 0.6 is 11.3 Å². The van der Waals surface area contributed by atoms with Gasteiger partial charge < -0.3 is 25.5 Å². The number of hydrogen-bond acceptors (Lipinski definition) is 9. The predicted octanol–water partition coefficient (Wildman–Crippen LogP) is 3.36. The van der Waals surface area contributed by atoms with Crippen molar-refractivity contribution in [1.29, 1.82) is 0 Å². The Labute approximate surface area is 254 Å². The molecule has 3 aromatic rings. The molecule has 3 amide bonds. The number of aliphatic hydroxyl groups is 1. The first-order chi connectivity index (χ1) is 20.5. The summed E-state index contributed by atoms with van der Waals surface area (Å²) in [5.41, 5.74) is 0.644. The van der Waals surface area contributed by atoms with Crippen molar-refractivity contribution in [2.45, 2.75) is 96.1 Å². The number of pyridine rings is 1. The third-order valence-electron chi connectivity index (χ3n) is 6.91. The van der Waals surface area contributed by atoms with Gasteiger partial charge in [0.25, 0.3) is 11.5 Å². The smallest absolute Gasteiger partial charge is 0.410 e. The fraction of sp³-hybridized carbons (Fsp3) is 0.533. The standard InChI is InChI=1S/C19H33N3O5.C11H7N3OS/c1-5-7-13(15(23)17(25)20-12-9-10-12)21-16(24)14-8-6-11-22(14)18(26)27-19(2,3)4;15-11-9-7(4-6-16-9)13-10(14-11)8-3-1-2-5-12-8/h12-15,23H,5-11H2,1-4H3,(H,20,25)(H,21,24);1-6H,(H,13,14,15)/t13-,14?,15?;/m0./s1. The molecule has 232 valence electrons. The second kappa shape index (κ2) is 14.1. The Morgan fingerprint density at radius 2 is 1.98 bits per heavy atom. The molecule has 1 aliphatic carbocycles. The number of rotatable bonds is 8. The van der Waals surface area contributed by atoms with E-state index in [1.807, 2.05) is 36.6 Å². The van der Waals surface area contributed by atoms with Crippen LogP contribution in [0.1, 0.15) is 66.2 Å². The Bertz CT molecular complexity index is 1470. The summed E-state index contributed by atoms with van der Waals surface area (Å²) < 4.78 is 6.04. The predicted molar refractivity (Wildman–Crippen MR) is 163 cm³/mol. The number of ether oxygens (including phenoxy) is 1. The summed E-state index contributed by atoms with van der Waals surface area (Å²) in [5, 5.41) is 17.8. The molecular formula is C30H40N6O6S. The summed E-state index contributed by atoms with van der Waals surface area (Å²) in [6, 6.07) is 6.16. The monoisotopic (exact) mass is 612 g/mol. The van der Waals surface area contributed by atoms with Crippen molar-refractivity contribution < 1.29 is 24.2 Å². The van der Waals surface area contributed by atoms with Crippen LogP contribution in [0.5, 0.6) is 0 Å².